The van der Waals surface area contributed by atoms with Gasteiger partial charge < -0.3 is 4.74 Å². The van der Waals surface area contributed by atoms with E-state index in [0.717, 1.165) is 24.6 Å². The third kappa shape index (κ3) is 18.3. The largest absolute Gasteiger partial charge is 0.463 e. The van der Waals surface area contributed by atoms with Crippen molar-refractivity contribution in [1.82, 2.24) is 0 Å². The summed E-state index contributed by atoms with van der Waals surface area (Å²) in [5, 5.41) is 1.11. The summed E-state index contributed by atoms with van der Waals surface area (Å²) in [5.41, 5.74) is 1.30. The molecule has 0 fully saturated rings. The van der Waals surface area contributed by atoms with Crippen LogP contribution in [0, 0.1) is 0 Å². The zero-order chi connectivity index (χ0) is 18.6. The summed E-state index contributed by atoms with van der Waals surface area (Å²) < 4.78 is 5.41. The number of ether oxygens (including phenoxy) is 1. The predicted molar refractivity (Wildman–Crippen MR) is 113 cm³/mol. The second-order valence-corrected chi connectivity index (χ2v) is 7.84. The maximum Gasteiger partial charge on any atom is 0.330 e. The highest BCUT2D eigenvalue weighted by atomic mass is 79.9. The van der Waals surface area contributed by atoms with Gasteiger partial charge in [0.05, 0.1) is 6.61 Å². The summed E-state index contributed by atoms with van der Waals surface area (Å²) in [6.45, 7) is 5.03. The molecule has 0 unspecified atom stereocenters. The summed E-state index contributed by atoms with van der Waals surface area (Å²) in [4.78, 5) is 12.0. The van der Waals surface area contributed by atoms with E-state index in [-0.39, 0.29) is 5.97 Å². The normalized spacial score (nSPS) is 11.7. The molecule has 0 amide bonds. The summed E-state index contributed by atoms with van der Waals surface area (Å²) in [6, 6.07) is 0. The Morgan fingerprint density at radius 3 is 1.92 bits per heavy atom. The number of unbranched alkanes of at least 4 members (excludes halogenated alkanes) is 10. The molecule has 148 valence electrons. The fourth-order valence-corrected chi connectivity index (χ4v) is 3.33. The molecule has 0 saturated heterocycles. The lowest BCUT2D eigenvalue weighted by atomic mass is 10.0. The smallest absolute Gasteiger partial charge is 0.330 e. The van der Waals surface area contributed by atoms with E-state index < -0.39 is 0 Å². The van der Waals surface area contributed by atoms with E-state index >= 15 is 0 Å². The number of carbonyl (C=O) groups is 1. The van der Waals surface area contributed by atoms with E-state index in [1.54, 1.807) is 6.08 Å². The maximum absolute atomic E-state index is 12.0. The van der Waals surface area contributed by atoms with Crippen LogP contribution in [0.25, 0.3) is 0 Å². The van der Waals surface area contributed by atoms with Crippen molar-refractivity contribution >= 4 is 21.9 Å². The van der Waals surface area contributed by atoms with Crippen molar-refractivity contribution in [3.63, 3.8) is 0 Å². The van der Waals surface area contributed by atoms with Crippen LogP contribution in [0.5, 0.6) is 0 Å². The molecule has 0 radical (unpaired) electrons. The van der Waals surface area contributed by atoms with Crippen molar-refractivity contribution in [3.05, 3.63) is 11.6 Å². The van der Waals surface area contributed by atoms with Gasteiger partial charge in [0.15, 0.2) is 0 Å². The van der Waals surface area contributed by atoms with E-state index in [9.17, 15) is 4.79 Å². The fraction of sp³-hybridized carbons (Fsp3) is 0.864. The molecule has 0 aromatic heterocycles. The first-order valence-corrected chi connectivity index (χ1v) is 11.8. The number of hydrogen-bond acceptors (Lipinski definition) is 2. The molecule has 0 atom stereocenters. The second-order valence-electron chi connectivity index (χ2n) is 7.05. The molecule has 0 spiro atoms. The van der Waals surface area contributed by atoms with Gasteiger partial charge in [-0.2, -0.15) is 0 Å². The monoisotopic (exact) mass is 416 g/mol. The molecular weight excluding hydrogens is 376 g/mol. The Kier molecular flexibility index (Phi) is 19.8. The van der Waals surface area contributed by atoms with Gasteiger partial charge in [-0.05, 0) is 38.5 Å². The predicted octanol–water partition coefficient (Wildman–Crippen LogP) is 7.74. The molecule has 0 N–H and O–H groups in total. The first kappa shape index (κ1) is 24.7. The summed E-state index contributed by atoms with van der Waals surface area (Å²) >= 11 is 3.46. The molecule has 25 heavy (non-hydrogen) atoms. The minimum Gasteiger partial charge on any atom is -0.463 e. The zero-order valence-corrected chi connectivity index (χ0v) is 18.4. The highest BCUT2D eigenvalue weighted by molar-refractivity contribution is 9.09. The molecule has 2 nitrogen and oxygen atoms in total. The van der Waals surface area contributed by atoms with Gasteiger partial charge in [0.1, 0.15) is 0 Å². The van der Waals surface area contributed by atoms with Crippen LogP contribution in [-0.2, 0) is 9.53 Å². The third-order valence-corrected chi connectivity index (χ3v) is 5.11. The van der Waals surface area contributed by atoms with E-state index in [2.05, 4.69) is 29.8 Å². The van der Waals surface area contributed by atoms with E-state index in [1.165, 1.54) is 82.6 Å². The minimum absolute atomic E-state index is 0.124. The minimum atomic E-state index is -0.124. The van der Waals surface area contributed by atoms with E-state index in [1.807, 2.05) is 0 Å². The van der Waals surface area contributed by atoms with Gasteiger partial charge in [-0.1, -0.05) is 93.1 Å². The van der Waals surface area contributed by atoms with Crippen LogP contribution >= 0.6 is 15.9 Å². The highest BCUT2D eigenvalue weighted by Gasteiger charge is 2.04. The Labute approximate surface area is 165 Å². The van der Waals surface area contributed by atoms with Crippen LogP contribution in [-0.4, -0.2) is 17.9 Å². The van der Waals surface area contributed by atoms with Gasteiger partial charge in [-0.15, -0.1) is 0 Å². The Morgan fingerprint density at radius 2 is 1.28 bits per heavy atom. The van der Waals surface area contributed by atoms with Crippen LogP contribution in [0.15, 0.2) is 11.6 Å². The van der Waals surface area contributed by atoms with Crippen molar-refractivity contribution in [2.45, 2.75) is 110 Å². The number of hydrogen-bond donors (Lipinski definition) is 0. The number of carbonyl (C=O) groups excluding carboxylic acids is 1. The lowest BCUT2D eigenvalue weighted by Gasteiger charge is -2.08. The summed E-state index contributed by atoms with van der Waals surface area (Å²) in [5.74, 6) is -0.124. The van der Waals surface area contributed by atoms with Crippen molar-refractivity contribution in [3.8, 4) is 0 Å². The Bertz CT molecular complexity index is 326. The summed E-state index contributed by atoms with van der Waals surface area (Å²) in [7, 11) is 0. The first-order chi connectivity index (χ1) is 12.2. The van der Waals surface area contributed by atoms with Crippen LogP contribution in [0.1, 0.15) is 110 Å². The fourth-order valence-electron chi connectivity index (χ4n) is 2.93. The topological polar surface area (TPSA) is 26.3 Å². The molecule has 0 aliphatic carbocycles. The molecule has 0 bridgehead atoms. The lowest BCUT2D eigenvalue weighted by Crippen LogP contribution is -2.04. The first-order valence-electron chi connectivity index (χ1n) is 10.7. The Morgan fingerprint density at radius 1 is 0.760 bits per heavy atom. The average molecular weight is 417 g/mol. The third-order valence-electron chi connectivity index (χ3n) is 4.55. The van der Waals surface area contributed by atoms with Crippen molar-refractivity contribution in [2.75, 3.05) is 11.9 Å². The molecule has 0 heterocycles. The van der Waals surface area contributed by atoms with Crippen molar-refractivity contribution in [2.24, 2.45) is 0 Å². The molecule has 0 aromatic rings. The molecule has 0 aliphatic rings. The van der Waals surface area contributed by atoms with Gasteiger partial charge in [-0.25, -0.2) is 4.79 Å². The van der Waals surface area contributed by atoms with E-state index in [0.29, 0.717) is 6.61 Å². The van der Waals surface area contributed by atoms with Crippen LogP contribution < -0.4 is 0 Å². The number of allylic oxidation sites excluding steroid dienone is 1. The van der Waals surface area contributed by atoms with Gasteiger partial charge >= 0.3 is 5.97 Å². The second kappa shape index (κ2) is 20.0. The molecular formula is C22H41BrO2. The van der Waals surface area contributed by atoms with Crippen LogP contribution in [0.4, 0.5) is 0 Å². The molecule has 0 aliphatic heterocycles. The number of rotatable bonds is 18. The van der Waals surface area contributed by atoms with Crippen LogP contribution in [0.2, 0.25) is 0 Å². The zero-order valence-electron chi connectivity index (χ0n) is 16.8. The SMILES string of the molecule is CCCCCC/C(=C/C(=O)OCCCCCCCCBr)CCCCC. The number of alkyl halides is 1. The number of esters is 1. The molecule has 3 heteroatoms. The lowest BCUT2D eigenvalue weighted by molar-refractivity contribution is -0.137. The number of halogens is 1. The van der Waals surface area contributed by atoms with Crippen molar-refractivity contribution < 1.29 is 9.53 Å². The average Bonchev–Trinajstić information content (AvgIpc) is 2.61. The Hall–Kier alpha value is -0.310. The molecule has 0 rings (SSSR count). The Balaban J connectivity index is 3.95. The standard InChI is InChI=1S/C22H41BrO2/c1-3-5-7-13-17-21(16-12-6-4-2)20-22(24)25-19-15-11-9-8-10-14-18-23/h20H,3-19H2,1-2H3/b21-20+. The van der Waals surface area contributed by atoms with E-state index in [4.69, 9.17) is 4.74 Å². The quantitative estimate of drug-likeness (QED) is 0.0986. The molecule has 0 saturated carbocycles. The highest BCUT2D eigenvalue weighted by Crippen LogP contribution is 2.17. The molecule has 0 aromatic carbocycles. The summed E-state index contributed by atoms with van der Waals surface area (Å²) in [6.07, 6.45) is 19.9. The van der Waals surface area contributed by atoms with Crippen molar-refractivity contribution in [1.29, 1.82) is 0 Å². The van der Waals surface area contributed by atoms with Gasteiger partial charge in [0.2, 0.25) is 0 Å². The van der Waals surface area contributed by atoms with Gasteiger partial charge in [0, 0.05) is 11.4 Å². The van der Waals surface area contributed by atoms with Crippen LogP contribution in [0.3, 0.4) is 0 Å². The van der Waals surface area contributed by atoms with Gasteiger partial charge in [-0.3, -0.25) is 0 Å². The maximum atomic E-state index is 12.0. The van der Waals surface area contributed by atoms with Gasteiger partial charge in [0.25, 0.3) is 0 Å².